The molecule has 0 bridgehead atoms. The smallest absolute Gasteiger partial charge is 0.224 e. The Morgan fingerprint density at radius 2 is 1.95 bits per heavy atom. The Bertz CT molecular complexity index is 658. The topological polar surface area (TPSA) is 47.6 Å². The van der Waals surface area contributed by atoms with E-state index < -0.39 is 0 Å². The van der Waals surface area contributed by atoms with E-state index in [9.17, 15) is 9.18 Å². The lowest BCUT2D eigenvalue weighted by molar-refractivity contribution is -0.120. The summed E-state index contributed by atoms with van der Waals surface area (Å²) in [7, 11) is 3.12. The predicted molar refractivity (Wildman–Crippen MR) is 81.5 cm³/mol. The van der Waals surface area contributed by atoms with Crippen LogP contribution in [0.5, 0.6) is 11.5 Å². The van der Waals surface area contributed by atoms with Crippen LogP contribution >= 0.6 is 0 Å². The molecule has 0 aliphatic rings. The Hall–Kier alpha value is -2.56. The molecule has 0 unspecified atom stereocenters. The number of nitrogens with one attached hydrogen (secondary N) is 1. The maximum absolute atomic E-state index is 13.1. The minimum atomic E-state index is -0.318. The summed E-state index contributed by atoms with van der Waals surface area (Å²) in [5.74, 6) is 0.799. The fourth-order valence-electron chi connectivity index (χ4n) is 2.10. The first-order valence-corrected chi connectivity index (χ1v) is 6.84. The molecule has 0 aliphatic carbocycles. The average Bonchev–Trinajstić information content (AvgIpc) is 2.53. The first-order valence-electron chi connectivity index (χ1n) is 6.84. The zero-order valence-electron chi connectivity index (χ0n) is 12.6. The second-order valence-electron chi connectivity index (χ2n) is 4.76. The molecule has 0 radical (unpaired) electrons. The van der Waals surface area contributed by atoms with Crippen LogP contribution in [0.3, 0.4) is 0 Å². The Kier molecular flexibility index (Phi) is 5.36. The van der Waals surface area contributed by atoms with Gasteiger partial charge in [-0.25, -0.2) is 4.39 Å². The summed E-state index contributed by atoms with van der Waals surface area (Å²) in [5.41, 5.74) is 1.45. The Balaban J connectivity index is 1.99. The van der Waals surface area contributed by atoms with Crippen LogP contribution < -0.4 is 14.8 Å². The molecular formula is C17H18FNO3. The van der Waals surface area contributed by atoms with Crippen LogP contribution in [0.4, 0.5) is 4.39 Å². The Morgan fingerprint density at radius 1 is 1.14 bits per heavy atom. The van der Waals surface area contributed by atoms with E-state index in [4.69, 9.17) is 9.47 Å². The lowest BCUT2D eigenvalue weighted by Crippen LogP contribution is -2.24. The minimum Gasteiger partial charge on any atom is -0.497 e. The van der Waals surface area contributed by atoms with Crippen molar-refractivity contribution in [1.82, 2.24) is 5.32 Å². The SMILES string of the molecule is COc1ccc(OC)c(CC(=O)NCc2cccc(F)c2)c1. The van der Waals surface area contributed by atoms with Crippen molar-refractivity contribution in [3.05, 3.63) is 59.4 Å². The van der Waals surface area contributed by atoms with Gasteiger partial charge in [0.2, 0.25) is 5.91 Å². The summed E-state index contributed by atoms with van der Waals surface area (Å²) >= 11 is 0. The molecule has 1 N–H and O–H groups in total. The zero-order valence-corrected chi connectivity index (χ0v) is 12.6. The van der Waals surface area contributed by atoms with Crippen molar-refractivity contribution < 1.29 is 18.7 Å². The third-order valence-electron chi connectivity index (χ3n) is 3.22. The molecule has 0 heterocycles. The molecule has 0 aromatic heterocycles. The van der Waals surface area contributed by atoms with Crippen molar-refractivity contribution in [1.29, 1.82) is 0 Å². The summed E-state index contributed by atoms with van der Waals surface area (Å²) in [4.78, 5) is 12.0. The summed E-state index contributed by atoms with van der Waals surface area (Å²) in [5, 5.41) is 2.76. The van der Waals surface area contributed by atoms with Gasteiger partial charge in [-0.15, -0.1) is 0 Å². The van der Waals surface area contributed by atoms with Crippen molar-refractivity contribution in [3.8, 4) is 11.5 Å². The molecule has 0 saturated heterocycles. The highest BCUT2D eigenvalue weighted by Gasteiger charge is 2.10. The van der Waals surface area contributed by atoms with Crippen LogP contribution in [0.1, 0.15) is 11.1 Å². The van der Waals surface area contributed by atoms with E-state index in [-0.39, 0.29) is 24.7 Å². The highest BCUT2D eigenvalue weighted by molar-refractivity contribution is 5.79. The number of hydrogen-bond acceptors (Lipinski definition) is 3. The van der Waals surface area contributed by atoms with E-state index in [0.717, 1.165) is 5.56 Å². The Morgan fingerprint density at radius 3 is 2.64 bits per heavy atom. The number of carbonyl (C=O) groups excluding carboxylic acids is 1. The molecule has 0 spiro atoms. The molecular weight excluding hydrogens is 285 g/mol. The van der Waals surface area contributed by atoms with Gasteiger partial charge in [0, 0.05) is 12.1 Å². The molecule has 2 aromatic carbocycles. The summed E-state index contributed by atoms with van der Waals surface area (Å²) in [6.07, 6.45) is 0.162. The lowest BCUT2D eigenvalue weighted by atomic mass is 10.1. The monoisotopic (exact) mass is 303 g/mol. The lowest BCUT2D eigenvalue weighted by Gasteiger charge is -2.11. The number of hydrogen-bond donors (Lipinski definition) is 1. The molecule has 0 aliphatic heterocycles. The van der Waals surface area contributed by atoms with Crippen molar-refractivity contribution >= 4 is 5.91 Å². The van der Waals surface area contributed by atoms with Crippen molar-refractivity contribution in [3.63, 3.8) is 0 Å². The predicted octanol–water partition coefficient (Wildman–Crippen LogP) is 2.70. The van der Waals surface area contributed by atoms with Crippen LogP contribution in [0.25, 0.3) is 0 Å². The quantitative estimate of drug-likeness (QED) is 0.892. The average molecular weight is 303 g/mol. The van der Waals surface area contributed by atoms with Crippen LogP contribution in [0, 0.1) is 5.82 Å². The number of methoxy groups -OCH3 is 2. The maximum atomic E-state index is 13.1. The maximum Gasteiger partial charge on any atom is 0.224 e. The first-order chi connectivity index (χ1) is 10.6. The molecule has 0 fully saturated rings. The van der Waals surface area contributed by atoms with Crippen LogP contribution in [-0.4, -0.2) is 20.1 Å². The number of carbonyl (C=O) groups is 1. The number of amides is 1. The third kappa shape index (κ3) is 4.22. The summed E-state index contributed by atoms with van der Waals surface area (Å²) < 4.78 is 23.5. The van der Waals surface area contributed by atoms with E-state index in [0.29, 0.717) is 17.1 Å². The summed E-state index contributed by atoms with van der Waals surface area (Å²) in [6, 6.07) is 11.4. The van der Waals surface area contributed by atoms with E-state index >= 15 is 0 Å². The minimum absolute atomic E-state index is 0.162. The number of halogens is 1. The molecule has 22 heavy (non-hydrogen) atoms. The van der Waals surface area contributed by atoms with Crippen molar-refractivity contribution in [2.24, 2.45) is 0 Å². The van der Waals surface area contributed by atoms with Gasteiger partial charge in [-0.1, -0.05) is 12.1 Å². The van der Waals surface area contributed by atoms with Crippen LogP contribution in [0.2, 0.25) is 0 Å². The van der Waals surface area contributed by atoms with Gasteiger partial charge in [0.15, 0.2) is 0 Å². The highest BCUT2D eigenvalue weighted by atomic mass is 19.1. The Labute approximate surface area is 128 Å². The highest BCUT2D eigenvalue weighted by Crippen LogP contribution is 2.24. The second kappa shape index (κ2) is 7.45. The fraction of sp³-hybridized carbons (Fsp3) is 0.235. The van der Waals surface area contributed by atoms with Gasteiger partial charge in [-0.05, 0) is 35.9 Å². The molecule has 2 aromatic rings. The van der Waals surface area contributed by atoms with Crippen molar-refractivity contribution in [2.75, 3.05) is 14.2 Å². The number of ether oxygens (including phenoxy) is 2. The summed E-state index contributed by atoms with van der Waals surface area (Å²) in [6.45, 7) is 0.281. The van der Waals surface area contributed by atoms with Gasteiger partial charge in [0.25, 0.3) is 0 Å². The molecule has 1 amide bonds. The number of benzene rings is 2. The molecule has 116 valence electrons. The van der Waals surface area contributed by atoms with E-state index in [1.165, 1.54) is 12.1 Å². The largest absolute Gasteiger partial charge is 0.497 e. The van der Waals surface area contributed by atoms with Gasteiger partial charge in [-0.3, -0.25) is 4.79 Å². The zero-order chi connectivity index (χ0) is 15.9. The van der Waals surface area contributed by atoms with Crippen molar-refractivity contribution in [2.45, 2.75) is 13.0 Å². The number of rotatable bonds is 6. The molecule has 4 nitrogen and oxygen atoms in total. The van der Waals surface area contributed by atoms with Crippen LogP contribution in [-0.2, 0) is 17.8 Å². The standard InChI is InChI=1S/C17H18FNO3/c1-21-15-6-7-16(22-2)13(9-15)10-17(20)19-11-12-4-3-5-14(18)8-12/h3-9H,10-11H2,1-2H3,(H,19,20). The molecule has 0 atom stereocenters. The van der Waals surface area contributed by atoms with E-state index in [2.05, 4.69) is 5.32 Å². The molecule has 5 heteroatoms. The molecule has 0 saturated carbocycles. The van der Waals surface area contributed by atoms with E-state index in [1.807, 2.05) is 0 Å². The van der Waals surface area contributed by atoms with Gasteiger partial charge in [0.05, 0.1) is 20.6 Å². The fourth-order valence-corrected chi connectivity index (χ4v) is 2.10. The van der Waals surface area contributed by atoms with Gasteiger partial charge >= 0.3 is 0 Å². The van der Waals surface area contributed by atoms with Crippen LogP contribution in [0.15, 0.2) is 42.5 Å². The van der Waals surface area contributed by atoms with E-state index in [1.54, 1.807) is 44.6 Å². The van der Waals surface area contributed by atoms with Gasteiger partial charge in [-0.2, -0.15) is 0 Å². The van der Waals surface area contributed by atoms with Gasteiger partial charge in [0.1, 0.15) is 17.3 Å². The first kappa shape index (κ1) is 15.8. The van der Waals surface area contributed by atoms with Gasteiger partial charge < -0.3 is 14.8 Å². The molecule has 2 rings (SSSR count). The normalized spacial score (nSPS) is 10.1. The second-order valence-corrected chi connectivity index (χ2v) is 4.76. The third-order valence-corrected chi connectivity index (χ3v) is 3.22.